The maximum absolute atomic E-state index is 12.4. The van der Waals surface area contributed by atoms with Gasteiger partial charge in [0.2, 0.25) is 0 Å². The van der Waals surface area contributed by atoms with E-state index in [0.29, 0.717) is 22.2 Å². The lowest BCUT2D eigenvalue weighted by atomic mass is 10.3. The Labute approximate surface area is 150 Å². The van der Waals surface area contributed by atoms with Crippen LogP contribution in [0.4, 0.5) is 5.69 Å². The average molecular weight is 382 g/mol. The molecule has 0 aliphatic carbocycles. The second kappa shape index (κ2) is 6.77. The van der Waals surface area contributed by atoms with Crippen molar-refractivity contribution in [1.29, 1.82) is 0 Å². The summed E-state index contributed by atoms with van der Waals surface area (Å²) in [4.78, 5) is 0.123. The SMILES string of the molecule is Cc1nn(C)cc1S(=O)(=O)Nc1cnn(COc2cccc(Cl)c2)c1. The van der Waals surface area contributed by atoms with E-state index in [0.717, 1.165) is 0 Å². The molecule has 3 aromatic rings. The molecular formula is C15H16ClN5O3S. The van der Waals surface area contributed by atoms with E-state index in [1.165, 1.54) is 28.0 Å². The minimum Gasteiger partial charge on any atom is -0.471 e. The van der Waals surface area contributed by atoms with Crippen molar-refractivity contribution in [2.75, 3.05) is 4.72 Å². The fraction of sp³-hybridized carbons (Fsp3) is 0.200. The van der Waals surface area contributed by atoms with Gasteiger partial charge in [-0.2, -0.15) is 10.2 Å². The minimum atomic E-state index is -3.73. The smallest absolute Gasteiger partial charge is 0.265 e. The third kappa shape index (κ3) is 4.12. The summed E-state index contributed by atoms with van der Waals surface area (Å²) >= 11 is 5.89. The largest absolute Gasteiger partial charge is 0.471 e. The Morgan fingerprint density at radius 2 is 2.12 bits per heavy atom. The Bertz CT molecular complexity index is 996. The van der Waals surface area contributed by atoms with Crippen molar-refractivity contribution in [3.8, 4) is 5.75 Å². The molecule has 1 aromatic carbocycles. The number of ether oxygens (including phenoxy) is 1. The van der Waals surface area contributed by atoms with Gasteiger partial charge in [0.1, 0.15) is 10.6 Å². The first-order valence-corrected chi connectivity index (χ1v) is 9.13. The molecule has 1 N–H and O–H groups in total. The third-order valence-electron chi connectivity index (χ3n) is 3.30. The van der Waals surface area contributed by atoms with E-state index in [-0.39, 0.29) is 11.6 Å². The molecule has 0 radical (unpaired) electrons. The van der Waals surface area contributed by atoms with E-state index >= 15 is 0 Å². The number of anilines is 1. The molecule has 3 rings (SSSR count). The lowest BCUT2D eigenvalue weighted by Gasteiger charge is -2.06. The highest BCUT2D eigenvalue weighted by Crippen LogP contribution is 2.19. The van der Waals surface area contributed by atoms with E-state index in [1.54, 1.807) is 38.2 Å². The Kier molecular flexibility index (Phi) is 4.69. The van der Waals surface area contributed by atoms with Crippen molar-refractivity contribution in [3.63, 3.8) is 0 Å². The Morgan fingerprint density at radius 1 is 1.32 bits per heavy atom. The van der Waals surface area contributed by atoms with Gasteiger partial charge >= 0.3 is 0 Å². The molecule has 2 heterocycles. The van der Waals surface area contributed by atoms with Gasteiger partial charge in [-0.25, -0.2) is 13.1 Å². The first-order chi connectivity index (χ1) is 11.8. The van der Waals surface area contributed by atoms with Gasteiger partial charge in [0, 0.05) is 18.3 Å². The number of nitrogens with zero attached hydrogens (tertiary/aromatic N) is 4. The molecule has 0 amide bonds. The van der Waals surface area contributed by atoms with Crippen molar-refractivity contribution >= 4 is 27.3 Å². The zero-order chi connectivity index (χ0) is 18.0. The minimum absolute atomic E-state index is 0.119. The maximum Gasteiger partial charge on any atom is 0.265 e. The Balaban J connectivity index is 1.68. The normalized spacial score (nSPS) is 11.5. The molecule has 10 heteroatoms. The van der Waals surface area contributed by atoms with Gasteiger partial charge in [-0.3, -0.25) is 9.40 Å². The summed E-state index contributed by atoms with van der Waals surface area (Å²) in [7, 11) is -2.06. The quantitative estimate of drug-likeness (QED) is 0.708. The Morgan fingerprint density at radius 3 is 2.80 bits per heavy atom. The molecule has 0 fully saturated rings. The molecule has 0 bridgehead atoms. The molecule has 132 valence electrons. The van der Waals surface area contributed by atoms with E-state index in [9.17, 15) is 8.42 Å². The van der Waals surface area contributed by atoms with Crippen LogP contribution in [0.2, 0.25) is 5.02 Å². The van der Waals surface area contributed by atoms with Crippen LogP contribution in [-0.2, 0) is 23.8 Å². The second-order valence-corrected chi connectivity index (χ2v) is 7.44. The van der Waals surface area contributed by atoms with Gasteiger partial charge in [-0.1, -0.05) is 17.7 Å². The predicted octanol–water partition coefficient (Wildman–Crippen LogP) is 2.42. The summed E-state index contributed by atoms with van der Waals surface area (Å²) in [6.07, 6.45) is 4.39. The van der Waals surface area contributed by atoms with Crippen molar-refractivity contribution in [2.45, 2.75) is 18.6 Å². The number of sulfonamides is 1. The second-order valence-electron chi connectivity index (χ2n) is 5.36. The fourth-order valence-corrected chi connectivity index (χ4v) is 3.66. The molecule has 0 unspecified atom stereocenters. The van der Waals surface area contributed by atoms with Gasteiger partial charge in [0.25, 0.3) is 10.0 Å². The maximum atomic E-state index is 12.4. The number of hydrogen-bond donors (Lipinski definition) is 1. The van der Waals surface area contributed by atoms with Crippen LogP contribution in [0.1, 0.15) is 5.69 Å². The molecule has 8 nitrogen and oxygen atoms in total. The van der Waals surface area contributed by atoms with E-state index in [2.05, 4.69) is 14.9 Å². The molecule has 0 saturated carbocycles. The molecule has 0 spiro atoms. The summed E-state index contributed by atoms with van der Waals surface area (Å²) in [6, 6.07) is 6.97. The molecule has 0 aliphatic heterocycles. The average Bonchev–Trinajstić information content (AvgIpc) is 3.11. The van der Waals surface area contributed by atoms with Gasteiger partial charge in [0.15, 0.2) is 6.73 Å². The molecular weight excluding hydrogens is 366 g/mol. The van der Waals surface area contributed by atoms with Crippen LogP contribution < -0.4 is 9.46 Å². The van der Waals surface area contributed by atoms with E-state index in [4.69, 9.17) is 16.3 Å². The topological polar surface area (TPSA) is 91.0 Å². The monoisotopic (exact) mass is 381 g/mol. The molecule has 0 aliphatic rings. The third-order valence-corrected chi connectivity index (χ3v) is 5.02. The summed E-state index contributed by atoms with van der Waals surface area (Å²) in [5, 5.41) is 8.68. The van der Waals surface area contributed by atoms with Crippen LogP contribution in [0.3, 0.4) is 0 Å². The number of hydrogen-bond acceptors (Lipinski definition) is 5. The lowest BCUT2D eigenvalue weighted by molar-refractivity contribution is 0.221. The summed E-state index contributed by atoms with van der Waals surface area (Å²) in [6.45, 7) is 1.75. The number of nitrogens with one attached hydrogen (secondary N) is 1. The van der Waals surface area contributed by atoms with Crippen LogP contribution >= 0.6 is 11.6 Å². The number of halogens is 1. The fourth-order valence-electron chi connectivity index (χ4n) is 2.24. The standard InChI is InChI=1S/C15H16ClN5O3S/c1-11-15(9-20(2)18-11)25(22,23)19-13-7-17-21(8-13)10-24-14-5-3-4-12(16)6-14/h3-9,19H,10H2,1-2H3. The summed E-state index contributed by atoms with van der Waals surface area (Å²) < 4.78 is 35.8. The van der Waals surface area contributed by atoms with Crippen LogP contribution in [-0.4, -0.2) is 28.0 Å². The summed E-state index contributed by atoms with van der Waals surface area (Å²) in [5.74, 6) is 0.594. The first-order valence-electron chi connectivity index (χ1n) is 7.27. The molecule has 2 aromatic heterocycles. The highest BCUT2D eigenvalue weighted by Gasteiger charge is 2.20. The van der Waals surface area contributed by atoms with Gasteiger partial charge < -0.3 is 4.74 Å². The van der Waals surface area contributed by atoms with E-state index < -0.39 is 10.0 Å². The van der Waals surface area contributed by atoms with Crippen LogP contribution in [0.5, 0.6) is 5.75 Å². The first kappa shape index (κ1) is 17.3. The highest BCUT2D eigenvalue weighted by molar-refractivity contribution is 7.92. The zero-order valence-electron chi connectivity index (χ0n) is 13.5. The lowest BCUT2D eigenvalue weighted by Crippen LogP contribution is -2.13. The Hall–Kier alpha value is -2.52. The molecule has 25 heavy (non-hydrogen) atoms. The van der Waals surface area contributed by atoms with Crippen LogP contribution in [0.15, 0.2) is 47.8 Å². The number of aromatic nitrogens is 4. The van der Waals surface area contributed by atoms with Gasteiger partial charge in [-0.05, 0) is 25.1 Å². The zero-order valence-corrected chi connectivity index (χ0v) is 15.1. The number of benzene rings is 1. The predicted molar refractivity (Wildman–Crippen MR) is 93.1 cm³/mol. The number of aryl methyl sites for hydroxylation is 2. The van der Waals surface area contributed by atoms with Crippen LogP contribution in [0, 0.1) is 6.92 Å². The van der Waals surface area contributed by atoms with E-state index in [1.807, 2.05) is 0 Å². The van der Waals surface area contributed by atoms with Gasteiger partial charge in [0.05, 0.1) is 23.8 Å². The highest BCUT2D eigenvalue weighted by atomic mass is 35.5. The van der Waals surface area contributed by atoms with Gasteiger partial charge in [-0.15, -0.1) is 0 Å². The van der Waals surface area contributed by atoms with Crippen molar-refractivity contribution in [3.05, 3.63) is 53.6 Å². The van der Waals surface area contributed by atoms with Crippen molar-refractivity contribution in [1.82, 2.24) is 19.6 Å². The summed E-state index contributed by atoms with van der Waals surface area (Å²) in [5.41, 5.74) is 0.754. The van der Waals surface area contributed by atoms with Crippen LogP contribution in [0.25, 0.3) is 0 Å². The van der Waals surface area contributed by atoms with Crippen molar-refractivity contribution < 1.29 is 13.2 Å². The van der Waals surface area contributed by atoms with Crippen molar-refractivity contribution in [2.24, 2.45) is 7.05 Å². The number of rotatable bonds is 6. The molecule has 0 atom stereocenters. The molecule has 0 saturated heterocycles.